The highest BCUT2D eigenvalue weighted by Crippen LogP contribution is 2.20. The predicted molar refractivity (Wildman–Crippen MR) is 87.9 cm³/mol. The molecule has 0 aliphatic carbocycles. The topological polar surface area (TPSA) is 27.7 Å². The van der Waals surface area contributed by atoms with Gasteiger partial charge in [0.1, 0.15) is 5.75 Å². The van der Waals surface area contributed by atoms with Gasteiger partial charge in [-0.2, -0.15) is 0 Å². The molecule has 1 saturated heterocycles. The van der Waals surface area contributed by atoms with E-state index in [1.807, 2.05) is 12.1 Å². The molecule has 0 saturated carbocycles. The predicted octanol–water partition coefficient (Wildman–Crippen LogP) is 1.98. The lowest BCUT2D eigenvalue weighted by Gasteiger charge is -2.40. The molecule has 0 spiro atoms. The zero-order valence-electron chi connectivity index (χ0n) is 13.8. The number of methoxy groups -OCH3 is 1. The van der Waals surface area contributed by atoms with Crippen LogP contribution in [0.2, 0.25) is 0 Å². The molecule has 1 aliphatic heterocycles. The molecule has 0 bridgehead atoms. The maximum atomic E-state index is 5.25. The van der Waals surface area contributed by atoms with E-state index in [0.717, 1.165) is 38.5 Å². The average molecular weight is 291 g/mol. The van der Waals surface area contributed by atoms with E-state index in [1.54, 1.807) is 7.11 Å². The molecule has 2 atom stereocenters. The second-order valence-corrected chi connectivity index (χ2v) is 5.99. The molecule has 2 rings (SSSR count). The Morgan fingerprint density at radius 3 is 2.57 bits per heavy atom. The average Bonchev–Trinajstić information content (AvgIpc) is 2.49. The van der Waals surface area contributed by atoms with Gasteiger partial charge < -0.3 is 15.0 Å². The summed E-state index contributed by atoms with van der Waals surface area (Å²) in [5.41, 5.74) is 1.34. The van der Waals surface area contributed by atoms with Gasteiger partial charge in [-0.15, -0.1) is 0 Å². The molecule has 21 heavy (non-hydrogen) atoms. The molecule has 118 valence electrons. The minimum atomic E-state index is 0.381. The van der Waals surface area contributed by atoms with E-state index in [2.05, 4.69) is 48.1 Å². The number of ether oxygens (including phenoxy) is 1. The first-order valence-corrected chi connectivity index (χ1v) is 7.94. The van der Waals surface area contributed by atoms with Crippen LogP contribution in [0.4, 0.5) is 0 Å². The number of benzene rings is 1. The summed E-state index contributed by atoms with van der Waals surface area (Å²) < 4.78 is 5.25. The molecule has 1 aromatic rings. The quantitative estimate of drug-likeness (QED) is 0.867. The zero-order valence-corrected chi connectivity index (χ0v) is 13.8. The fourth-order valence-electron chi connectivity index (χ4n) is 3.05. The van der Waals surface area contributed by atoms with Crippen LogP contribution in [0.25, 0.3) is 0 Å². The monoisotopic (exact) mass is 291 g/mol. The van der Waals surface area contributed by atoms with Gasteiger partial charge in [-0.3, -0.25) is 4.90 Å². The smallest absolute Gasteiger partial charge is 0.118 e. The molecule has 2 unspecified atom stereocenters. The first kappa shape index (κ1) is 16.3. The first-order valence-electron chi connectivity index (χ1n) is 7.94. The van der Waals surface area contributed by atoms with Gasteiger partial charge in [-0.25, -0.2) is 0 Å². The van der Waals surface area contributed by atoms with Crippen molar-refractivity contribution in [2.24, 2.45) is 0 Å². The Bertz CT molecular complexity index is 421. The van der Waals surface area contributed by atoms with Crippen LogP contribution in [0.5, 0.6) is 5.75 Å². The van der Waals surface area contributed by atoms with Gasteiger partial charge in [0.05, 0.1) is 7.11 Å². The van der Waals surface area contributed by atoms with Crippen molar-refractivity contribution in [1.29, 1.82) is 0 Å². The maximum absolute atomic E-state index is 5.25. The van der Waals surface area contributed by atoms with Crippen LogP contribution >= 0.6 is 0 Å². The van der Waals surface area contributed by atoms with E-state index in [4.69, 9.17) is 4.74 Å². The van der Waals surface area contributed by atoms with Crippen LogP contribution in [0.3, 0.4) is 0 Å². The molecule has 1 fully saturated rings. The van der Waals surface area contributed by atoms with E-state index >= 15 is 0 Å². The highest BCUT2D eigenvalue weighted by atomic mass is 16.5. The Kier molecular flexibility index (Phi) is 6.03. The summed E-state index contributed by atoms with van der Waals surface area (Å²) in [6, 6.07) is 9.44. The molecule has 1 aliphatic rings. The van der Waals surface area contributed by atoms with Crippen molar-refractivity contribution in [1.82, 2.24) is 15.1 Å². The standard InChI is InChI=1S/C17H29N3O/c1-5-18-17(15-6-8-16(21-4)9-7-15)13-20-11-10-19(3)12-14(20)2/h6-9,14,17-18H,5,10-13H2,1-4H3. The maximum Gasteiger partial charge on any atom is 0.118 e. The summed E-state index contributed by atoms with van der Waals surface area (Å²) in [7, 11) is 3.92. The third kappa shape index (κ3) is 4.43. The molecule has 0 amide bonds. The summed E-state index contributed by atoms with van der Waals surface area (Å²) >= 11 is 0. The Balaban J connectivity index is 2.04. The highest BCUT2D eigenvalue weighted by molar-refractivity contribution is 5.29. The fourth-order valence-corrected chi connectivity index (χ4v) is 3.05. The lowest BCUT2D eigenvalue weighted by Crippen LogP contribution is -2.52. The van der Waals surface area contributed by atoms with E-state index < -0.39 is 0 Å². The number of hydrogen-bond donors (Lipinski definition) is 1. The van der Waals surface area contributed by atoms with Crippen molar-refractivity contribution in [3.63, 3.8) is 0 Å². The van der Waals surface area contributed by atoms with E-state index in [0.29, 0.717) is 12.1 Å². The van der Waals surface area contributed by atoms with Crippen LogP contribution < -0.4 is 10.1 Å². The third-order valence-corrected chi connectivity index (χ3v) is 4.35. The Labute approximate surface area is 129 Å². The normalized spacial score (nSPS) is 22.2. The second kappa shape index (κ2) is 7.78. The summed E-state index contributed by atoms with van der Waals surface area (Å²) in [6.45, 7) is 10.0. The number of piperazine rings is 1. The number of rotatable bonds is 6. The number of hydrogen-bond acceptors (Lipinski definition) is 4. The number of likely N-dealkylation sites (N-methyl/N-ethyl adjacent to an activating group) is 2. The van der Waals surface area contributed by atoms with Crippen LogP contribution in [0.15, 0.2) is 24.3 Å². The summed E-state index contributed by atoms with van der Waals surface area (Å²) in [5.74, 6) is 0.918. The van der Waals surface area contributed by atoms with Crippen molar-refractivity contribution in [3.05, 3.63) is 29.8 Å². The summed E-state index contributed by atoms with van der Waals surface area (Å²) in [5, 5.41) is 3.62. The third-order valence-electron chi connectivity index (χ3n) is 4.35. The summed E-state index contributed by atoms with van der Waals surface area (Å²) in [6.07, 6.45) is 0. The van der Waals surface area contributed by atoms with Crippen molar-refractivity contribution in [3.8, 4) is 5.75 Å². The van der Waals surface area contributed by atoms with Gasteiger partial charge >= 0.3 is 0 Å². The van der Waals surface area contributed by atoms with E-state index in [9.17, 15) is 0 Å². The zero-order chi connectivity index (χ0) is 15.2. The number of nitrogens with one attached hydrogen (secondary N) is 1. The molecule has 4 heteroatoms. The molecular weight excluding hydrogens is 262 g/mol. The molecule has 1 aromatic carbocycles. The lowest BCUT2D eigenvalue weighted by atomic mass is 10.0. The van der Waals surface area contributed by atoms with Crippen molar-refractivity contribution >= 4 is 0 Å². The Morgan fingerprint density at radius 1 is 1.29 bits per heavy atom. The highest BCUT2D eigenvalue weighted by Gasteiger charge is 2.24. The molecular formula is C17H29N3O. The van der Waals surface area contributed by atoms with E-state index in [-0.39, 0.29) is 0 Å². The van der Waals surface area contributed by atoms with Crippen molar-refractivity contribution in [2.75, 3.05) is 46.9 Å². The second-order valence-electron chi connectivity index (χ2n) is 5.99. The largest absolute Gasteiger partial charge is 0.497 e. The van der Waals surface area contributed by atoms with Crippen LogP contribution in [0, 0.1) is 0 Å². The van der Waals surface area contributed by atoms with Gasteiger partial charge in [-0.1, -0.05) is 19.1 Å². The molecule has 1 heterocycles. The van der Waals surface area contributed by atoms with Gasteiger partial charge in [0.25, 0.3) is 0 Å². The van der Waals surface area contributed by atoms with Crippen LogP contribution in [0.1, 0.15) is 25.5 Å². The molecule has 0 aromatic heterocycles. The SMILES string of the molecule is CCNC(CN1CCN(C)CC1C)c1ccc(OC)cc1. The summed E-state index contributed by atoms with van der Waals surface area (Å²) in [4.78, 5) is 5.01. The molecule has 4 nitrogen and oxygen atoms in total. The van der Waals surface area contributed by atoms with Crippen LogP contribution in [-0.4, -0.2) is 62.7 Å². The minimum Gasteiger partial charge on any atom is -0.497 e. The first-order chi connectivity index (χ1) is 10.1. The van der Waals surface area contributed by atoms with Crippen LogP contribution in [-0.2, 0) is 0 Å². The lowest BCUT2D eigenvalue weighted by molar-refractivity contribution is 0.0906. The van der Waals surface area contributed by atoms with E-state index in [1.165, 1.54) is 5.56 Å². The van der Waals surface area contributed by atoms with Gasteiger partial charge in [0.2, 0.25) is 0 Å². The van der Waals surface area contributed by atoms with Gasteiger partial charge in [0.15, 0.2) is 0 Å². The Hall–Kier alpha value is -1.10. The van der Waals surface area contributed by atoms with Crippen molar-refractivity contribution in [2.45, 2.75) is 25.9 Å². The molecule has 1 N–H and O–H groups in total. The van der Waals surface area contributed by atoms with Gasteiger partial charge in [0, 0.05) is 38.3 Å². The van der Waals surface area contributed by atoms with Gasteiger partial charge in [-0.05, 0) is 38.2 Å². The molecule has 0 radical (unpaired) electrons. The Morgan fingerprint density at radius 2 is 2.00 bits per heavy atom. The fraction of sp³-hybridized carbons (Fsp3) is 0.647. The number of nitrogens with zero attached hydrogens (tertiary/aromatic N) is 2. The van der Waals surface area contributed by atoms with Crippen molar-refractivity contribution < 1.29 is 4.74 Å². The minimum absolute atomic E-state index is 0.381.